The average molecular weight is 380 g/mol. The van der Waals surface area contributed by atoms with Gasteiger partial charge in [0.15, 0.2) is 0 Å². The molecule has 0 saturated carbocycles. The molecule has 0 bridgehead atoms. The Morgan fingerprint density at radius 2 is 1.61 bits per heavy atom. The zero-order valence-electron chi connectivity index (χ0n) is 16.5. The maximum atomic E-state index is 12.5. The number of nitrogens with one attached hydrogen (secondary N) is 2. The van der Waals surface area contributed by atoms with E-state index in [-0.39, 0.29) is 17.9 Å². The molecule has 2 aromatic carbocycles. The van der Waals surface area contributed by atoms with Gasteiger partial charge in [-0.2, -0.15) is 0 Å². The Balaban J connectivity index is 1.46. The van der Waals surface area contributed by atoms with E-state index in [4.69, 9.17) is 0 Å². The van der Waals surface area contributed by atoms with Gasteiger partial charge in [-0.1, -0.05) is 49.4 Å². The van der Waals surface area contributed by atoms with Crippen LogP contribution in [-0.2, 0) is 4.79 Å². The molecule has 1 aliphatic heterocycles. The fraction of sp³-hybridized carbons (Fsp3) is 0.391. The molecule has 3 rings (SSSR count). The summed E-state index contributed by atoms with van der Waals surface area (Å²) in [5.41, 5.74) is 2.93. The number of piperidine rings is 1. The molecule has 1 aliphatic rings. The third-order valence-electron chi connectivity index (χ3n) is 5.12. The van der Waals surface area contributed by atoms with Crippen molar-refractivity contribution in [3.05, 3.63) is 60.2 Å². The Labute approximate surface area is 167 Å². The normalized spacial score (nSPS) is 15.2. The summed E-state index contributed by atoms with van der Waals surface area (Å²) in [7, 11) is 0. The lowest BCUT2D eigenvalue weighted by Crippen LogP contribution is -2.47. The van der Waals surface area contributed by atoms with Crippen molar-refractivity contribution in [3.63, 3.8) is 0 Å². The second-order valence-electron chi connectivity index (χ2n) is 7.32. The molecule has 0 aliphatic carbocycles. The van der Waals surface area contributed by atoms with Crippen molar-refractivity contribution in [2.24, 2.45) is 0 Å². The van der Waals surface area contributed by atoms with Crippen molar-refractivity contribution in [1.82, 2.24) is 15.5 Å². The Hall–Kier alpha value is -2.66. The van der Waals surface area contributed by atoms with Crippen molar-refractivity contribution in [2.75, 3.05) is 26.2 Å². The quantitative estimate of drug-likeness (QED) is 0.777. The standard InChI is InChI=1S/C23H29N3O2/c1-2-14-24-22(27)17-26-15-12-21(13-16-26)25-23(28)20-10-8-19(9-11-20)18-6-4-3-5-7-18/h3-11,21H,2,12-17H2,1H3,(H,24,27)(H,25,28). The van der Waals surface area contributed by atoms with Crippen LogP contribution in [0.15, 0.2) is 54.6 Å². The van der Waals surface area contributed by atoms with Gasteiger partial charge in [-0.15, -0.1) is 0 Å². The van der Waals surface area contributed by atoms with Crippen LogP contribution < -0.4 is 10.6 Å². The smallest absolute Gasteiger partial charge is 0.251 e. The van der Waals surface area contributed by atoms with Crippen LogP contribution in [0.4, 0.5) is 0 Å². The van der Waals surface area contributed by atoms with E-state index in [9.17, 15) is 9.59 Å². The van der Waals surface area contributed by atoms with Gasteiger partial charge in [-0.3, -0.25) is 14.5 Å². The second kappa shape index (κ2) is 10.0. The van der Waals surface area contributed by atoms with Crippen molar-refractivity contribution in [2.45, 2.75) is 32.2 Å². The van der Waals surface area contributed by atoms with E-state index in [0.717, 1.165) is 50.0 Å². The summed E-state index contributed by atoms with van der Waals surface area (Å²) in [5, 5.41) is 6.05. The highest BCUT2D eigenvalue weighted by Crippen LogP contribution is 2.19. The Bertz CT molecular complexity index is 766. The summed E-state index contributed by atoms with van der Waals surface area (Å²) >= 11 is 0. The Kier molecular flexibility index (Phi) is 7.20. The third-order valence-corrected chi connectivity index (χ3v) is 5.12. The van der Waals surface area contributed by atoms with E-state index in [1.54, 1.807) is 0 Å². The molecule has 2 aromatic rings. The van der Waals surface area contributed by atoms with Crippen LogP contribution in [0.5, 0.6) is 0 Å². The van der Waals surface area contributed by atoms with Gasteiger partial charge in [0.25, 0.3) is 5.91 Å². The molecule has 2 amide bonds. The van der Waals surface area contributed by atoms with Crippen LogP contribution in [0.1, 0.15) is 36.5 Å². The van der Waals surface area contributed by atoms with Gasteiger partial charge < -0.3 is 10.6 Å². The van der Waals surface area contributed by atoms with E-state index in [2.05, 4.69) is 27.7 Å². The average Bonchev–Trinajstić information content (AvgIpc) is 2.74. The molecule has 1 fully saturated rings. The van der Waals surface area contributed by atoms with Crippen molar-refractivity contribution >= 4 is 11.8 Å². The molecule has 5 nitrogen and oxygen atoms in total. The first-order valence-electron chi connectivity index (χ1n) is 10.1. The minimum atomic E-state index is -0.0289. The SMILES string of the molecule is CCCNC(=O)CN1CCC(NC(=O)c2ccc(-c3ccccc3)cc2)CC1. The first-order valence-corrected chi connectivity index (χ1v) is 10.1. The number of hydrogen-bond donors (Lipinski definition) is 2. The zero-order valence-corrected chi connectivity index (χ0v) is 16.5. The summed E-state index contributed by atoms with van der Waals surface area (Å²) in [4.78, 5) is 26.5. The monoisotopic (exact) mass is 379 g/mol. The molecule has 0 aromatic heterocycles. The molecular formula is C23H29N3O2. The van der Waals surface area contributed by atoms with Gasteiger partial charge in [-0.25, -0.2) is 0 Å². The number of amides is 2. The van der Waals surface area contributed by atoms with Crippen LogP contribution in [0.2, 0.25) is 0 Å². The van der Waals surface area contributed by atoms with Gasteiger partial charge in [0.1, 0.15) is 0 Å². The lowest BCUT2D eigenvalue weighted by Gasteiger charge is -2.31. The van der Waals surface area contributed by atoms with Crippen molar-refractivity contribution in [3.8, 4) is 11.1 Å². The molecule has 0 unspecified atom stereocenters. The van der Waals surface area contributed by atoms with E-state index < -0.39 is 0 Å². The minimum Gasteiger partial charge on any atom is -0.355 e. The highest BCUT2D eigenvalue weighted by atomic mass is 16.2. The first kappa shape index (κ1) is 20.1. The molecule has 1 saturated heterocycles. The lowest BCUT2D eigenvalue weighted by molar-refractivity contribution is -0.122. The largest absolute Gasteiger partial charge is 0.355 e. The number of hydrogen-bond acceptors (Lipinski definition) is 3. The first-order chi connectivity index (χ1) is 13.7. The molecule has 0 radical (unpaired) electrons. The minimum absolute atomic E-state index is 0.0289. The lowest BCUT2D eigenvalue weighted by atomic mass is 10.0. The number of rotatable bonds is 7. The van der Waals surface area contributed by atoms with Crippen molar-refractivity contribution < 1.29 is 9.59 Å². The van der Waals surface area contributed by atoms with Crippen LogP contribution in [-0.4, -0.2) is 48.9 Å². The number of benzene rings is 2. The molecule has 1 heterocycles. The summed E-state index contributed by atoms with van der Waals surface area (Å²) in [5.74, 6) is 0.0570. The summed E-state index contributed by atoms with van der Waals surface area (Å²) in [6.07, 6.45) is 2.69. The van der Waals surface area contributed by atoms with Gasteiger partial charge in [-0.05, 0) is 42.5 Å². The van der Waals surface area contributed by atoms with Gasteiger partial charge in [0, 0.05) is 31.2 Å². The van der Waals surface area contributed by atoms with Crippen LogP contribution in [0.25, 0.3) is 11.1 Å². The zero-order chi connectivity index (χ0) is 19.8. The summed E-state index contributed by atoms with van der Waals surface area (Å²) < 4.78 is 0. The second-order valence-corrected chi connectivity index (χ2v) is 7.32. The van der Waals surface area contributed by atoms with Crippen LogP contribution >= 0.6 is 0 Å². The summed E-state index contributed by atoms with van der Waals surface area (Å²) in [6.45, 7) is 4.88. The molecule has 5 heteroatoms. The number of carbonyl (C=O) groups is 2. The number of likely N-dealkylation sites (tertiary alicyclic amines) is 1. The van der Waals surface area contributed by atoms with E-state index in [1.165, 1.54) is 0 Å². The molecular weight excluding hydrogens is 350 g/mol. The summed E-state index contributed by atoms with van der Waals surface area (Å²) in [6, 6.07) is 18.0. The number of carbonyl (C=O) groups excluding carboxylic acids is 2. The topological polar surface area (TPSA) is 61.4 Å². The maximum absolute atomic E-state index is 12.5. The van der Waals surface area contributed by atoms with E-state index in [0.29, 0.717) is 12.1 Å². The third kappa shape index (κ3) is 5.67. The Morgan fingerprint density at radius 3 is 2.25 bits per heavy atom. The predicted octanol–water partition coefficient (Wildman–Crippen LogP) is 3.07. The molecule has 0 atom stereocenters. The van der Waals surface area contributed by atoms with Crippen LogP contribution in [0, 0.1) is 0 Å². The molecule has 2 N–H and O–H groups in total. The highest BCUT2D eigenvalue weighted by Gasteiger charge is 2.22. The van der Waals surface area contributed by atoms with Gasteiger partial charge in [0.2, 0.25) is 5.91 Å². The predicted molar refractivity (Wildman–Crippen MR) is 112 cm³/mol. The fourth-order valence-corrected chi connectivity index (χ4v) is 3.47. The molecule has 28 heavy (non-hydrogen) atoms. The van der Waals surface area contributed by atoms with E-state index >= 15 is 0 Å². The maximum Gasteiger partial charge on any atom is 0.251 e. The van der Waals surface area contributed by atoms with Crippen molar-refractivity contribution in [1.29, 1.82) is 0 Å². The van der Waals surface area contributed by atoms with E-state index in [1.807, 2.05) is 49.4 Å². The molecule has 148 valence electrons. The van der Waals surface area contributed by atoms with Crippen LogP contribution in [0.3, 0.4) is 0 Å². The Morgan fingerprint density at radius 1 is 0.964 bits per heavy atom. The fourth-order valence-electron chi connectivity index (χ4n) is 3.47. The highest BCUT2D eigenvalue weighted by molar-refractivity contribution is 5.94. The molecule has 0 spiro atoms. The number of nitrogens with zero attached hydrogens (tertiary/aromatic N) is 1. The van der Waals surface area contributed by atoms with Gasteiger partial charge >= 0.3 is 0 Å². The van der Waals surface area contributed by atoms with Gasteiger partial charge in [0.05, 0.1) is 6.54 Å².